The summed E-state index contributed by atoms with van der Waals surface area (Å²) in [7, 11) is -1.15. The molecule has 7 nitrogen and oxygen atoms in total. The quantitative estimate of drug-likeness (QED) is 0.448. The van der Waals surface area contributed by atoms with Gasteiger partial charge in [-0.3, -0.25) is 9.59 Å². The molecule has 0 aliphatic carbocycles. The van der Waals surface area contributed by atoms with Crippen LogP contribution in [0.4, 0.5) is 0 Å². The number of carboxylic acid groups (broad SMARTS) is 1. The van der Waals surface area contributed by atoms with Gasteiger partial charge in [-0.15, -0.1) is 0 Å². The van der Waals surface area contributed by atoms with Crippen molar-refractivity contribution in [3.8, 4) is 0 Å². The number of nitrogens with two attached hydrogens (primary N) is 1. The summed E-state index contributed by atoms with van der Waals surface area (Å²) in [6.07, 6.45) is 1.30. The third-order valence-electron chi connectivity index (χ3n) is 2.83. The van der Waals surface area contributed by atoms with Gasteiger partial charge in [0.2, 0.25) is 5.91 Å². The van der Waals surface area contributed by atoms with Crippen molar-refractivity contribution in [2.75, 3.05) is 6.54 Å². The van der Waals surface area contributed by atoms with E-state index in [4.69, 9.17) is 15.5 Å². The van der Waals surface area contributed by atoms with Crippen molar-refractivity contribution in [3.05, 3.63) is 0 Å². The molecule has 0 aromatic heterocycles. The average Bonchev–Trinajstić information content (AvgIpc) is 2.29. The topological polar surface area (TPSA) is 122 Å². The van der Waals surface area contributed by atoms with Gasteiger partial charge in [0.05, 0.1) is 18.5 Å². The molecule has 2 atom stereocenters. The van der Waals surface area contributed by atoms with Crippen LogP contribution >= 0.6 is 0 Å². The lowest BCUT2D eigenvalue weighted by atomic mass is 9.72. The van der Waals surface area contributed by atoms with Crippen LogP contribution in [0.2, 0.25) is 0 Å². The highest BCUT2D eigenvalue weighted by atomic mass is 16.5. The maximum absolute atomic E-state index is 11.4. The van der Waals surface area contributed by atoms with Gasteiger partial charge in [0.15, 0.2) is 0 Å². The standard InChI is InChI=1S/C10H19BN2O5/c12-5-1-2-9(14)13-8-4-3-7(6-10(15)16)18-11(8)17/h7-8,17H,1-6,12H2,(H,13,14)(H,15,16)/t7-,8-/m0/s1. The summed E-state index contributed by atoms with van der Waals surface area (Å²) in [6.45, 7) is 0.442. The molecule has 1 fully saturated rings. The second kappa shape index (κ2) is 7.35. The average molecular weight is 258 g/mol. The Labute approximate surface area is 106 Å². The van der Waals surface area contributed by atoms with E-state index in [0.29, 0.717) is 32.2 Å². The van der Waals surface area contributed by atoms with E-state index < -0.39 is 25.1 Å². The number of hydrogen-bond acceptors (Lipinski definition) is 5. The van der Waals surface area contributed by atoms with Crippen molar-refractivity contribution >= 4 is 19.0 Å². The normalized spacial score (nSPS) is 23.8. The zero-order valence-electron chi connectivity index (χ0n) is 10.2. The molecule has 102 valence electrons. The van der Waals surface area contributed by atoms with E-state index in [9.17, 15) is 14.6 Å². The van der Waals surface area contributed by atoms with Gasteiger partial charge in [0.25, 0.3) is 0 Å². The number of rotatable bonds is 6. The Morgan fingerprint density at radius 1 is 1.44 bits per heavy atom. The van der Waals surface area contributed by atoms with E-state index in [1.54, 1.807) is 0 Å². The van der Waals surface area contributed by atoms with Crippen molar-refractivity contribution in [2.24, 2.45) is 5.73 Å². The number of carboxylic acids is 1. The number of nitrogens with one attached hydrogen (secondary N) is 1. The van der Waals surface area contributed by atoms with Crippen LogP contribution in [0.5, 0.6) is 0 Å². The molecule has 0 radical (unpaired) electrons. The molecule has 0 saturated carbocycles. The van der Waals surface area contributed by atoms with Crippen LogP contribution in [-0.4, -0.2) is 47.7 Å². The molecule has 8 heteroatoms. The lowest BCUT2D eigenvalue weighted by molar-refractivity contribution is -0.139. The van der Waals surface area contributed by atoms with Crippen LogP contribution in [0.3, 0.4) is 0 Å². The zero-order valence-corrected chi connectivity index (χ0v) is 10.2. The maximum Gasteiger partial charge on any atom is 0.478 e. The summed E-state index contributed by atoms with van der Waals surface area (Å²) in [5.41, 5.74) is 5.29. The second-order valence-corrected chi connectivity index (χ2v) is 4.39. The minimum Gasteiger partial charge on any atom is -0.481 e. The molecule has 1 amide bonds. The van der Waals surface area contributed by atoms with Gasteiger partial charge in [0.1, 0.15) is 0 Å². The molecule has 1 rings (SSSR count). The SMILES string of the molecule is NCCCC(=O)N[C@H]1CC[C@@H](CC(=O)O)OB1O. The van der Waals surface area contributed by atoms with Crippen molar-refractivity contribution in [1.82, 2.24) is 5.32 Å². The molecule has 5 N–H and O–H groups in total. The molecule has 0 aromatic carbocycles. The fraction of sp³-hybridized carbons (Fsp3) is 0.800. The van der Waals surface area contributed by atoms with E-state index in [0.717, 1.165) is 0 Å². The summed E-state index contributed by atoms with van der Waals surface area (Å²) >= 11 is 0. The summed E-state index contributed by atoms with van der Waals surface area (Å²) in [6, 6.07) is 0. The Morgan fingerprint density at radius 2 is 2.17 bits per heavy atom. The third kappa shape index (κ3) is 5.03. The summed E-state index contributed by atoms with van der Waals surface area (Å²) in [5, 5.41) is 20.9. The molecular weight excluding hydrogens is 239 g/mol. The maximum atomic E-state index is 11.4. The molecular formula is C10H19BN2O5. The molecule has 1 aliphatic heterocycles. The Balaban J connectivity index is 2.33. The first-order valence-electron chi connectivity index (χ1n) is 6.07. The molecule has 18 heavy (non-hydrogen) atoms. The van der Waals surface area contributed by atoms with Crippen LogP contribution in [0.15, 0.2) is 0 Å². The Kier molecular flexibility index (Phi) is 6.10. The van der Waals surface area contributed by atoms with Crippen LogP contribution in [-0.2, 0) is 14.2 Å². The van der Waals surface area contributed by atoms with Gasteiger partial charge in [-0.2, -0.15) is 0 Å². The Bertz CT molecular complexity index is 302. The van der Waals surface area contributed by atoms with E-state index in [-0.39, 0.29) is 12.3 Å². The minimum atomic E-state index is -1.15. The predicted octanol–water partition coefficient (Wildman–Crippen LogP) is -1.12. The van der Waals surface area contributed by atoms with Gasteiger partial charge < -0.3 is 25.8 Å². The van der Waals surface area contributed by atoms with Gasteiger partial charge in [-0.25, -0.2) is 0 Å². The fourth-order valence-electron chi connectivity index (χ4n) is 1.90. The van der Waals surface area contributed by atoms with Crippen molar-refractivity contribution < 1.29 is 24.4 Å². The minimum absolute atomic E-state index is 0.134. The molecule has 1 aliphatic rings. The monoisotopic (exact) mass is 258 g/mol. The molecule has 0 aromatic rings. The van der Waals surface area contributed by atoms with Gasteiger partial charge in [-0.1, -0.05) is 0 Å². The number of aliphatic carboxylic acids is 1. The van der Waals surface area contributed by atoms with E-state index in [1.165, 1.54) is 0 Å². The highest BCUT2D eigenvalue weighted by Crippen LogP contribution is 2.18. The fourth-order valence-corrected chi connectivity index (χ4v) is 1.90. The Morgan fingerprint density at radius 3 is 2.72 bits per heavy atom. The summed E-state index contributed by atoms with van der Waals surface area (Å²) < 4.78 is 5.15. The van der Waals surface area contributed by atoms with Gasteiger partial charge >= 0.3 is 13.1 Å². The molecule has 1 saturated heterocycles. The van der Waals surface area contributed by atoms with E-state index in [1.807, 2.05) is 0 Å². The largest absolute Gasteiger partial charge is 0.481 e. The summed E-state index contributed by atoms with van der Waals surface area (Å²) in [5.74, 6) is -1.61. The highest BCUT2D eigenvalue weighted by molar-refractivity contribution is 6.45. The molecule has 0 spiro atoms. The molecule has 0 bridgehead atoms. The van der Waals surface area contributed by atoms with Crippen LogP contribution in [0.1, 0.15) is 32.1 Å². The predicted molar refractivity (Wildman–Crippen MR) is 64.6 cm³/mol. The van der Waals surface area contributed by atoms with E-state index in [2.05, 4.69) is 5.32 Å². The van der Waals surface area contributed by atoms with Crippen molar-refractivity contribution in [1.29, 1.82) is 0 Å². The zero-order chi connectivity index (χ0) is 13.5. The Hall–Kier alpha value is -1.12. The van der Waals surface area contributed by atoms with Crippen LogP contribution in [0.25, 0.3) is 0 Å². The molecule has 0 unspecified atom stereocenters. The number of amides is 1. The lowest BCUT2D eigenvalue weighted by Crippen LogP contribution is -2.52. The lowest BCUT2D eigenvalue weighted by Gasteiger charge is -2.30. The highest BCUT2D eigenvalue weighted by Gasteiger charge is 2.36. The first-order valence-corrected chi connectivity index (χ1v) is 6.07. The van der Waals surface area contributed by atoms with Crippen LogP contribution < -0.4 is 11.1 Å². The smallest absolute Gasteiger partial charge is 0.478 e. The van der Waals surface area contributed by atoms with Crippen LogP contribution in [0, 0.1) is 0 Å². The number of hydrogen-bond donors (Lipinski definition) is 4. The third-order valence-corrected chi connectivity index (χ3v) is 2.83. The van der Waals surface area contributed by atoms with Crippen molar-refractivity contribution in [2.45, 2.75) is 44.1 Å². The second-order valence-electron chi connectivity index (χ2n) is 4.39. The van der Waals surface area contributed by atoms with Crippen molar-refractivity contribution in [3.63, 3.8) is 0 Å². The first kappa shape index (κ1) is 14.9. The summed E-state index contributed by atoms with van der Waals surface area (Å²) in [4.78, 5) is 22.0. The first-order chi connectivity index (χ1) is 8.52. The number of carbonyl (C=O) groups excluding carboxylic acids is 1. The van der Waals surface area contributed by atoms with Gasteiger partial charge in [0, 0.05) is 6.42 Å². The van der Waals surface area contributed by atoms with Gasteiger partial charge in [-0.05, 0) is 25.8 Å². The molecule has 1 heterocycles. The number of carbonyl (C=O) groups is 2. The van der Waals surface area contributed by atoms with E-state index >= 15 is 0 Å².